The molecule has 0 bridgehead atoms. The minimum absolute atomic E-state index is 0.0490. The number of benzene rings is 1. The molecule has 0 aliphatic carbocycles. The Balaban J connectivity index is 1.72. The molecule has 1 aromatic carbocycles. The van der Waals surface area contributed by atoms with Crippen LogP contribution in [0.5, 0.6) is 0 Å². The third-order valence-corrected chi connectivity index (χ3v) is 6.37. The summed E-state index contributed by atoms with van der Waals surface area (Å²) in [6.07, 6.45) is 2.12. The van der Waals surface area contributed by atoms with Gasteiger partial charge in [-0.2, -0.15) is 15.5 Å². The Morgan fingerprint density at radius 3 is 2.63 bits per heavy atom. The Kier molecular flexibility index (Phi) is 4.94. The van der Waals surface area contributed by atoms with Crippen LogP contribution in [0, 0.1) is 23.1 Å². The third kappa shape index (κ3) is 2.92. The lowest BCUT2D eigenvalue weighted by atomic mass is 9.83. The summed E-state index contributed by atoms with van der Waals surface area (Å²) in [6, 6.07) is 8.03. The van der Waals surface area contributed by atoms with Crippen molar-refractivity contribution in [1.82, 2.24) is 9.78 Å². The molecule has 9 heteroatoms. The second-order valence-corrected chi connectivity index (χ2v) is 8.34. The maximum Gasteiger partial charge on any atom is 0.232 e. The lowest BCUT2D eigenvalue weighted by Crippen LogP contribution is -2.47. The predicted molar refractivity (Wildman–Crippen MR) is 113 cm³/mol. The van der Waals surface area contributed by atoms with E-state index in [1.807, 2.05) is 19.9 Å². The molecule has 2 aliphatic rings. The van der Waals surface area contributed by atoms with Crippen LogP contribution in [0.1, 0.15) is 38.8 Å². The molecule has 4 rings (SSSR count). The quantitative estimate of drug-likeness (QED) is 0.696. The third-order valence-electron chi connectivity index (χ3n) is 5.66. The van der Waals surface area contributed by atoms with Crippen molar-refractivity contribution in [2.75, 3.05) is 11.4 Å². The van der Waals surface area contributed by atoms with Crippen molar-refractivity contribution in [3.63, 3.8) is 0 Å². The molecule has 0 N–H and O–H groups in total. The average molecular weight is 427 g/mol. The van der Waals surface area contributed by atoms with Gasteiger partial charge in [0.05, 0.1) is 34.9 Å². The number of hydrogen-bond acceptors (Lipinski definition) is 5. The molecule has 154 valence electrons. The molecule has 0 radical (unpaired) electrons. The molecule has 1 fully saturated rings. The minimum atomic E-state index is -1.31. The number of anilines is 1. The van der Waals surface area contributed by atoms with E-state index in [-0.39, 0.29) is 23.4 Å². The van der Waals surface area contributed by atoms with Crippen molar-refractivity contribution < 1.29 is 9.18 Å². The van der Waals surface area contributed by atoms with Crippen LogP contribution in [0.15, 0.2) is 40.7 Å². The van der Waals surface area contributed by atoms with Gasteiger partial charge >= 0.3 is 0 Å². The Morgan fingerprint density at radius 2 is 2.00 bits per heavy atom. The first-order valence-electron chi connectivity index (χ1n) is 9.66. The summed E-state index contributed by atoms with van der Waals surface area (Å²) < 4.78 is 15.1. The van der Waals surface area contributed by atoms with Gasteiger partial charge in [-0.1, -0.05) is 13.8 Å². The Bertz CT molecular complexity index is 1110. The number of hydrogen-bond donors (Lipinski definition) is 0. The standard InChI is InChI=1S/C21H20ClFN6O/c1-12(2)19-17(11-25-29(19)15-6-4-14(23)5-7-15)28-9-8-16(20(28)30)21(22)13(3)26-27-18(21)10-24/h4-7,11-12,16H,8-9H2,1-3H3. The van der Waals surface area contributed by atoms with Crippen LogP contribution < -0.4 is 4.90 Å². The topological polar surface area (TPSA) is 86.6 Å². The lowest BCUT2D eigenvalue weighted by Gasteiger charge is -2.27. The van der Waals surface area contributed by atoms with E-state index >= 15 is 0 Å². The van der Waals surface area contributed by atoms with Crippen LogP contribution in [0.25, 0.3) is 5.69 Å². The number of nitrogens with zero attached hydrogens (tertiary/aromatic N) is 6. The number of nitriles is 1. The average Bonchev–Trinajstić information content (AvgIpc) is 3.39. The van der Waals surface area contributed by atoms with Gasteiger partial charge in [0.2, 0.25) is 5.91 Å². The van der Waals surface area contributed by atoms with Crippen molar-refractivity contribution in [3.8, 4) is 11.8 Å². The molecule has 1 saturated heterocycles. The van der Waals surface area contributed by atoms with Gasteiger partial charge in [0.1, 0.15) is 16.8 Å². The molecule has 2 aliphatic heterocycles. The largest absolute Gasteiger partial charge is 0.309 e. The number of amides is 1. The fourth-order valence-electron chi connectivity index (χ4n) is 4.14. The molecule has 30 heavy (non-hydrogen) atoms. The molecular formula is C21H20ClFN6O. The number of aromatic nitrogens is 2. The predicted octanol–water partition coefficient (Wildman–Crippen LogP) is 3.82. The van der Waals surface area contributed by atoms with Crippen LogP contribution in [0.4, 0.5) is 10.1 Å². The molecular weight excluding hydrogens is 407 g/mol. The second-order valence-electron chi connectivity index (χ2n) is 7.75. The summed E-state index contributed by atoms with van der Waals surface area (Å²) >= 11 is 6.77. The van der Waals surface area contributed by atoms with Crippen LogP contribution >= 0.6 is 11.6 Å². The zero-order valence-electron chi connectivity index (χ0n) is 16.8. The highest BCUT2D eigenvalue weighted by Gasteiger charge is 2.55. The molecule has 7 nitrogen and oxygen atoms in total. The van der Waals surface area contributed by atoms with E-state index in [9.17, 15) is 14.4 Å². The Hall–Kier alpha value is -3.05. The van der Waals surface area contributed by atoms with Crippen LogP contribution in [0.2, 0.25) is 0 Å². The fraction of sp³-hybridized carbons (Fsp3) is 0.381. The van der Waals surface area contributed by atoms with Gasteiger partial charge in [-0.15, -0.1) is 16.7 Å². The molecule has 1 aromatic heterocycles. The number of carbonyl (C=O) groups excluding carboxylic acids is 1. The van der Waals surface area contributed by atoms with Crippen molar-refractivity contribution in [3.05, 3.63) is 42.0 Å². The highest BCUT2D eigenvalue weighted by Crippen LogP contribution is 2.42. The van der Waals surface area contributed by atoms with E-state index in [4.69, 9.17) is 11.6 Å². The van der Waals surface area contributed by atoms with E-state index in [1.54, 1.807) is 34.8 Å². The number of halogens is 2. The Labute approximate surface area is 178 Å². The normalized spacial score (nSPS) is 23.7. The zero-order chi connectivity index (χ0) is 21.6. The summed E-state index contributed by atoms with van der Waals surface area (Å²) in [4.78, 5) is 13.8. The molecule has 2 unspecified atom stereocenters. The summed E-state index contributed by atoms with van der Waals surface area (Å²) in [6.45, 7) is 6.15. The van der Waals surface area contributed by atoms with E-state index in [0.717, 1.165) is 5.69 Å². The molecule has 1 amide bonds. The van der Waals surface area contributed by atoms with Crippen molar-refractivity contribution in [2.24, 2.45) is 16.1 Å². The van der Waals surface area contributed by atoms with Gasteiger partial charge in [0, 0.05) is 6.54 Å². The maximum absolute atomic E-state index is 13.4. The van der Waals surface area contributed by atoms with Crippen LogP contribution in [0.3, 0.4) is 0 Å². The maximum atomic E-state index is 13.4. The van der Waals surface area contributed by atoms with Gasteiger partial charge in [-0.05, 0) is 43.5 Å². The first-order chi connectivity index (χ1) is 14.3. The summed E-state index contributed by atoms with van der Waals surface area (Å²) in [5, 5.41) is 21.7. The molecule has 0 spiro atoms. The first kappa shape index (κ1) is 20.2. The zero-order valence-corrected chi connectivity index (χ0v) is 17.6. The van der Waals surface area contributed by atoms with Gasteiger partial charge in [0.25, 0.3) is 0 Å². The van der Waals surface area contributed by atoms with Gasteiger partial charge in [-0.25, -0.2) is 9.07 Å². The van der Waals surface area contributed by atoms with Crippen LogP contribution in [-0.2, 0) is 4.79 Å². The molecule has 2 atom stereocenters. The summed E-state index contributed by atoms with van der Waals surface area (Å²) in [7, 11) is 0. The van der Waals surface area contributed by atoms with Crippen molar-refractivity contribution in [2.45, 2.75) is 38.0 Å². The van der Waals surface area contributed by atoms with Crippen LogP contribution in [-0.4, -0.2) is 38.5 Å². The highest BCUT2D eigenvalue weighted by molar-refractivity contribution is 6.53. The first-order valence-corrected chi connectivity index (χ1v) is 10.0. The molecule has 3 heterocycles. The van der Waals surface area contributed by atoms with Gasteiger partial charge < -0.3 is 4.90 Å². The van der Waals surface area contributed by atoms with Crippen molar-refractivity contribution >= 4 is 34.6 Å². The lowest BCUT2D eigenvalue weighted by molar-refractivity contribution is -0.120. The van der Waals surface area contributed by atoms with E-state index < -0.39 is 10.8 Å². The van der Waals surface area contributed by atoms with E-state index in [1.165, 1.54) is 12.1 Å². The van der Waals surface area contributed by atoms with Gasteiger partial charge in [-0.3, -0.25) is 4.79 Å². The molecule has 0 saturated carbocycles. The number of rotatable bonds is 4. The SMILES string of the molecule is CC1=NN=C(C#N)C1(Cl)C1CCN(c2cnn(-c3ccc(F)cc3)c2C(C)C)C1=O. The smallest absolute Gasteiger partial charge is 0.232 e. The molecule has 2 aromatic rings. The highest BCUT2D eigenvalue weighted by atomic mass is 35.5. The monoisotopic (exact) mass is 426 g/mol. The second kappa shape index (κ2) is 7.33. The number of alkyl halides is 1. The summed E-state index contributed by atoms with van der Waals surface area (Å²) in [5.41, 5.74) is 2.73. The summed E-state index contributed by atoms with van der Waals surface area (Å²) in [5.74, 6) is -1.11. The van der Waals surface area contributed by atoms with E-state index in [0.29, 0.717) is 30.1 Å². The minimum Gasteiger partial charge on any atom is -0.309 e. The van der Waals surface area contributed by atoms with Gasteiger partial charge in [0.15, 0.2) is 5.71 Å². The Morgan fingerprint density at radius 1 is 1.30 bits per heavy atom. The fourth-order valence-corrected chi connectivity index (χ4v) is 4.46. The number of carbonyl (C=O) groups is 1. The van der Waals surface area contributed by atoms with E-state index in [2.05, 4.69) is 15.3 Å². The van der Waals surface area contributed by atoms with Crippen molar-refractivity contribution in [1.29, 1.82) is 5.26 Å².